The molecule has 0 saturated heterocycles. The molecular formula is C16H16BrF2N. The van der Waals surface area contributed by atoms with Crippen molar-refractivity contribution in [1.29, 1.82) is 0 Å². The van der Waals surface area contributed by atoms with Crippen molar-refractivity contribution >= 4 is 21.6 Å². The number of benzene rings is 2. The lowest BCUT2D eigenvalue weighted by Gasteiger charge is -2.19. The predicted molar refractivity (Wildman–Crippen MR) is 82.0 cm³/mol. The molecule has 2 aromatic carbocycles. The Bertz CT molecular complexity index is 617. The van der Waals surface area contributed by atoms with E-state index in [1.54, 1.807) is 0 Å². The standard InChI is InChI=1S/C16H16BrF2N/c1-9-4-5-10(2)13(6-9)11(3)20-16-14(18)7-12(17)8-15(16)19/h4-8,11,20H,1-3H3. The van der Waals surface area contributed by atoms with Gasteiger partial charge in [-0.05, 0) is 44.0 Å². The molecule has 0 heterocycles. The number of anilines is 1. The molecule has 0 fully saturated rings. The minimum atomic E-state index is -0.603. The number of halogens is 3. The summed E-state index contributed by atoms with van der Waals surface area (Å²) in [5, 5.41) is 2.92. The first-order chi connectivity index (χ1) is 9.38. The number of nitrogens with one attached hydrogen (secondary N) is 1. The summed E-state index contributed by atoms with van der Waals surface area (Å²) in [5.74, 6) is -1.21. The zero-order chi connectivity index (χ0) is 14.9. The van der Waals surface area contributed by atoms with Gasteiger partial charge >= 0.3 is 0 Å². The average molecular weight is 340 g/mol. The fraction of sp³-hybridized carbons (Fsp3) is 0.250. The van der Waals surface area contributed by atoms with Crippen LogP contribution >= 0.6 is 15.9 Å². The van der Waals surface area contributed by atoms with Gasteiger partial charge in [0.15, 0.2) is 0 Å². The molecule has 0 amide bonds. The van der Waals surface area contributed by atoms with E-state index in [-0.39, 0.29) is 11.7 Å². The molecule has 0 aliphatic carbocycles. The Balaban J connectivity index is 2.32. The maximum atomic E-state index is 13.8. The van der Waals surface area contributed by atoms with Crippen LogP contribution in [0.15, 0.2) is 34.8 Å². The summed E-state index contributed by atoms with van der Waals surface area (Å²) in [6.45, 7) is 5.88. The Morgan fingerprint density at radius 2 is 1.65 bits per heavy atom. The summed E-state index contributed by atoms with van der Waals surface area (Å²) in [5.41, 5.74) is 3.15. The Kier molecular flexibility index (Phi) is 4.43. The first-order valence-electron chi connectivity index (χ1n) is 6.36. The van der Waals surface area contributed by atoms with Crippen molar-refractivity contribution in [2.24, 2.45) is 0 Å². The smallest absolute Gasteiger partial charge is 0.150 e. The zero-order valence-corrected chi connectivity index (χ0v) is 13.2. The maximum Gasteiger partial charge on any atom is 0.150 e. The van der Waals surface area contributed by atoms with Crippen LogP contribution in [0.5, 0.6) is 0 Å². The van der Waals surface area contributed by atoms with Crippen LogP contribution in [0.1, 0.15) is 29.7 Å². The number of hydrogen-bond acceptors (Lipinski definition) is 1. The van der Waals surface area contributed by atoms with Crippen LogP contribution in [0.25, 0.3) is 0 Å². The van der Waals surface area contributed by atoms with Crippen molar-refractivity contribution in [2.45, 2.75) is 26.8 Å². The molecule has 1 unspecified atom stereocenters. The van der Waals surface area contributed by atoms with Crippen molar-refractivity contribution in [3.63, 3.8) is 0 Å². The third-order valence-electron chi connectivity index (χ3n) is 3.27. The van der Waals surface area contributed by atoms with Gasteiger partial charge in [0.05, 0.1) is 0 Å². The van der Waals surface area contributed by atoms with Crippen LogP contribution in [-0.4, -0.2) is 0 Å². The molecule has 1 atom stereocenters. The van der Waals surface area contributed by atoms with E-state index in [0.717, 1.165) is 16.7 Å². The Labute approximate surface area is 126 Å². The summed E-state index contributed by atoms with van der Waals surface area (Å²) in [4.78, 5) is 0. The van der Waals surface area contributed by atoms with Crippen molar-refractivity contribution in [3.05, 3.63) is 63.1 Å². The molecule has 0 saturated carbocycles. The molecule has 2 aromatic rings. The quantitative estimate of drug-likeness (QED) is 0.776. The number of rotatable bonds is 3. The second-order valence-electron chi connectivity index (χ2n) is 4.97. The van der Waals surface area contributed by atoms with E-state index in [0.29, 0.717) is 4.47 Å². The second kappa shape index (κ2) is 5.92. The fourth-order valence-corrected chi connectivity index (χ4v) is 2.60. The lowest BCUT2D eigenvalue weighted by Crippen LogP contribution is -2.11. The van der Waals surface area contributed by atoms with E-state index in [4.69, 9.17) is 0 Å². The van der Waals surface area contributed by atoms with Gasteiger partial charge in [-0.1, -0.05) is 39.7 Å². The highest BCUT2D eigenvalue weighted by atomic mass is 79.9. The molecule has 0 bridgehead atoms. The third kappa shape index (κ3) is 3.18. The maximum absolute atomic E-state index is 13.8. The zero-order valence-electron chi connectivity index (χ0n) is 11.6. The Morgan fingerprint density at radius 3 is 2.25 bits per heavy atom. The third-order valence-corrected chi connectivity index (χ3v) is 3.73. The van der Waals surface area contributed by atoms with Crippen LogP contribution in [0.2, 0.25) is 0 Å². The van der Waals surface area contributed by atoms with Crippen molar-refractivity contribution < 1.29 is 8.78 Å². The van der Waals surface area contributed by atoms with Crippen LogP contribution in [-0.2, 0) is 0 Å². The van der Waals surface area contributed by atoms with E-state index >= 15 is 0 Å². The van der Waals surface area contributed by atoms with Gasteiger partial charge in [-0.25, -0.2) is 8.78 Å². The molecule has 106 valence electrons. The van der Waals surface area contributed by atoms with Gasteiger partial charge in [-0.3, -0.25) is 0 Å². The van der Waals surface area contributed by atoms with Crippen molar-refractivity contribution in [2.75, 3.05) is 5.32 Å². The number of hydrogen-bond donors (Lipinski definition) is 1. The van der Waals surface area contributed by atoms with Gasteiger partial charge in [0, 0.05) is 10.5 Å². The normalized spacial score (nSPS) is 12.3. The van der Waals surface area contributed by atoms with Gasteiger partial charge in [0.1, 0.15) is 17.3 Å². The largest absolute Gasteiger partial charge is 0.374 e. The monoisotopic (exact) mass is 339 g/mol. The van der Waals surface area contributed by atoms with E-state index in [9.17, 15) is 8.78 Å². The molecule has 2 rings (SSSR count). The molecule has 0 aliphatic rings. The van der Waals surface area contributed by atoms with E-state index < -0.39 is 11.6 Å². The first-order valence-corrected chi connectivity index (χ1v) is 7.16. The highest BCUT2D eigenvalue weighted by molar-refractivity contribution is 9.10. The molecule has 1 N–H and O–H groups in total. The molecule has 0 aromatic heterocycles. The van der Waals surface area contributed by atoms with Crippen LogP contribution in [0, 0.1) is 25.5 Å². The SMILES string of the molecule is Cc1ccc(C)c(C(C)Nc2c(F)cc(Br)cc2F)c1. The first kappa shape index (κ1) is 15.0. The lowest BCUT2D eigenvalue weighted by atomic mass is 10.00. The summed E-state index contributed by atoms with van der Waals surface area (Å²) >= 11 is 3.07. The summed E-state index contributed by atoms with van der Waals surface area (Å²) < 4.78 is 28.1. The topological polar surface area (TPSA) is 12.0 Å². The highest BCUT2D eigenvalue weighted by Gasteiger charge is 2.15. The Morgan fingerprint density at radius 1 is 1.05 bits per heavy atom. The van der Waals surface area contributed by atoms with Gasteiger partial charge in [-0.15, -0.1) is 0 Å². The molecule has 4 heteroatoms. The van der Waals surface area contributed by atoms with Gasteiger partial charge < -0.3 is 5.32 Å². The van der Waals surface area contributed by atoms with Crippen molar-refractivity contribution in [1.82, 2.24) is 0 Å². The summed E-state index contributed by atoms with van der Waals surface area (Å²) in [7, 11) is 0. The molecule has 0 radical (unpaired) electrons. The van der Waals surface area contributed by atoms with Gasteiger partial charge in [0.25, 0.3) is 0 Å². The minimum absolute atomic E-state index is 0.0957. The molecule has 0 spiro atoms. The molecular weight excluding hydrogens is 324 g/mol. The summed E-state index contributed by atoms with van der Waals surface area (Å²) in [6, 6.07) is 8.38. The van der Waals surface area contributed by atoms with Crippen LogP contribution in [0.4, 0.5) is 14.5 Å². The minimum Gasteiger partial charge on any atom is -0.374 e. The average Bonchev–Trinajstić information content (AvgIpc) is 2.36. The second-order valence-corrected chi connectivity index (χ2v) is 5.89. The Hall–Kier alpha value is -1.42. The van der Waals surface area contributed by atoms with Gasteiger partial charge in [0.2, 0.25) is 0 Å². The van der Waals surface area contributed by atoms with Gasteiger partial charge in [-0.2, -0.15) is 0 Å². The van der Waals surface area contributed by atoms with Crippen LogP contribution < -0.4 is 5.32 Å². The lowest BCUT2D eigenvalue weighted by molar-refractivity contribution is 0.583. The highest BCUT2D eigenvalue weighted by Crippen LogP contribution is 2.28. The molecule has 1 nitrogen and oxygen atoms in total. The number of aryl methyl sites for hydroxylation is 2. The fourth-order valence-electron chi connectivity index (χ4n) is 2.20. The van der Waals surface area contributed by atoms with E-state index in [1.165, 1.54) is 12.1 Å². The summed E-state index contributed by atoms with van der Waals surface area (Å²) in [6.07, 6.45) is 0. The van der Waals surface area contributed by atoms with Crippen LogP contribution in [0.3, 0.4) is 0 Å². The predicted octanol–water partition coefficient (Wildman–Crippen LogP) is 5.52. The van der Waals surface area contributed by atoms with Crippen molar-refractivity contribution in [3.8, 4) is 0 Å². The molecule has 20 heavy (non-hydrogen) atoms. The van der Waals surface area contributed by atoms with E-state index in [2.05, 4.69) is 21.2 Å². The van der Waals surface area contributed by atoms with E-state index in [1.807, 2.05) is 39.0 Å². The molecule has 0 aliphatic heterocycles.